The van der Waals surface area contributed by atoms with E-state index in [1.807, 2.05) is 48.5 Å². The maximum atomic E-state index is 11.2. The Hall–Kier alpha value is -3.47. The highest BCUT2D eigenvalue weighted by Crippen LogP contribution is 2.25. The fraction of sp³-hybridized carbons (Fsp3) is 0. The van der Waals surface area contributed by atoms with Crippen LogP contribution in [0.3, 0.4) is 0 Å². The van der Waals surface area contributed by atoms with Crippen LogP contribution < -0.4 is 0 Å². The number of carboxylic acid groups (broad SMARTS) is 1. The summed E-state index contributed by atoms with van der Waals surface area (Å²) in [5.41, 5.74) is 4.45. The lowest BCUT2D eigenvalue weighted by molar-refractivity contribution is 0.0699. The molecule has 0 aliphatic carbocycles. The van der Waals surface area contributed by atoms with Gasteiger partial charge in [0.25, 0.3) is 0 Å². The van der Waals surface area contributed by atoms with Crippen LogP contribution in [-0.2, 0) is 0 Å². The van der Waals surface area contributed by atoms with Gasteiger partial charge in [-0.3, -0.25) is 0 Å². The predicted octanol–water partition coefficient (Wildman–Crippen LogP) is 3.76. The van der Waals surface area contributed by atoms with E-state index in [0.717, 1.165) is 22.4 Å². The zero-order valence-electron chi connectivity index (χ0n) is 12.6. The molecule has 0 atom stereocenters. The number of aromatic nitrogens is 3. The van der Waals surface area contributed by atoms with Gasteiger partial charge in [-0.2, -0.15) is 5.10 Å². The molecule has 1 N–H and O–H groups in total. The lowest BCUT2D eigenvalue weighted by atomic mass is 10.0. The van der Waals surface area contributed by atoms with Crippen molar-refractivity contribution < 1.29 is 9.90 Å². The average molecular weight is 315 g/mol. The molecule has 2 heterocycles. The van der Waals surface area contributed by atoms with Crippen molar-refractivity contribution in [1.82, 2.24) is 14.6 Å². The van der Waals surface area contributed by atoms with E-state index in [1.54, 1.807) is 10.7 Å². The Morgan fingerprint density at radius 2 is 1.54 bits per heavy atom. The normalized spacial score (nSPS) is 10.8. The Balaban J connectivity index is 1.79. The number of rotatable bonds is 3. The van der Waals surface area contributed by atoms with Crippen molar-refractivity contribution >= 4 is 11.6 Å². The third kappa shape index (κ3) is 2.32. The summed E-state index contributed by atoms with van der Waals surface area (Å²) in [6.07, 6.45) is 2.93. The number of hydrogen-bond acceptors (Lipinski definition) is 3. The maximum Gasteiger partial charge on any atom is 0.341 e. The van der Waals surface area contributed by atoms with Crippen LogP contribution in [0.4, 0.5) is 0 Å². The van der Waals surface area contributed by atoms with Gasteiger partial charge in [0.1, 0.15) is 5.56 Å². The molecule has 0 radical (unpaired) electrons. The van der Waals surface area contributed by atoms with Crippen LogP contribution in [0.15, 0.2) is 73.1 Å². The molecule has 0 unspecified atom stereocenters. The minimum Gasteiger partial charge on any atom is -0.477 e. The Morgan fingerprint density at radius 1 is 0.875 bits per heavy atom. The molecule has 0 amide bonds. The molecule has 4 aromatic rings. The van der Waals surface area contributed by atoms with Gasteiger partial charge in [0.15, 0.2) is 5.65 Å². The molecule has 5 heteroatoms. The molecule has 0 aliphatic rings. The van der Waals surface area contributed by atoms with Crippen LogP contribution in [0.25, 0.3) is 28.0 Å². The topological polar surface area (TPSA) is 67.5 Å². The summed E-state index contributed by atoms with van der Waals surface area (Å²) in [5.74, 6) is -1.03. The zero-order chi connectivity index (χ0) is 16.5. The predicted molar refractivity (Wildman–Crippen MR) is 90.8 cm³/mol. The standard InChI is InChI=1S/C19H13N3O2/c23-19(24)16-12-21-22-17(10-11-20-18(16)22)15-8-6-14(7-9-15)13-4-2-1-3-5-13/h1-12H,(H,23,24). The first-order valence-electron chi connectivity index (χ1n) is 7.46. The van der Waals surface area contributed by atoms with Gasteiger partial charge in [0, 0.05) is 11.8 Å². The van der Waals surface area contributed by atoms with E-state index in [0.29, 0.717) is 5.65 Å². The van der Waals surface area contributed by atoms with Crippen molar-refractivity contribution in [2.24, 2.45) is 0 Å². The number of fused-ring (bicyclic) bond motifs is 1. The Labute approximate surface area is 137 Å². The highest BCUT2D eigenvalue weighted by molar-refractivity contribution is 5.94. The van der Waals surface area contributed by atoms with Crippen LogP contribution in [0.2, 0.25) is 0 Å². The summed E-state index contributed by atoms with van der Waals surface area (Å²) < 4.78 is 1.56. The lowest BCUT2D eigenvalue weighted by Crippen LogP contribution is -1.99. The fourth-order valence-corrected chi connectivity index (χ4v) is 2.72. The molecule has 2 aromatic carbocycles. The summed E-state index contributed by atoms with van der Waals surface area (Å²) in [5, 5.41) is 13.4. The van der Waals surface area contributed by atoms with Crippen molar-refractivity contribution in [1.29, 1.82) is 0 Å². The summed E-state index contributed by atoms with van der Waals surface area (Å²) in [4.78, 5) is 15.4. The number of carbonyl (C=O) groups is 1. The lowest BCUT2D eigenvalue weighted by Gasteiger charge is -2.07. The second kappa shape index (κ2) is 5.62. The molecule has 2 aromatic heterocycles. The van der Waals surface area contributed by atoms with E-state index in [1.165, 1.54) is 6.20 Å². The van der Waals surface area contributed by atoms with E-state index in [2.05, 4.69) is 22.2 Å². The monoisotopic (exact) mass is 315 g/mol. The molecule has 0 aliphatic heterocycles. The van der Waals surface area contributed by atoms with Gasteiger partial charge in [0.2, 0.25) is 0 Å². The third-order valence-electron chi connectivity index (χ3n) is 3.92. The van der Waals surface area contributed by atoms with Gasteiger partial charge in [-0.05, 0) is 17.2 Å². The van der Waals surface area contributed by atoms with Crippen LogP contribution in [-0.4, -0.2) is 25.7 Å². The van der Waals surface area contributed by atoms with Crippen molar-refractivity contribution in [2.45, 2.75) is 0 Å². The smallest absolute Gasteiger partial charge is 0.341 e. The van der Waals surface area contributed by atoms with E-state index < -0.39 is 5.97 Å². The minimum atomic E-state index is -1.03. The highest BCUT2D eigenvalue weighted by Gasteiger charge is 2.14. The van der Waals surface area contributed by atoms with Gasteiger partial charge < -0.3 is 5.11 Å². The van der Waals surface area contributed by atoms with E-state index in [4.69, 9.17) is 0 Å². The van der Waals surface area contributed by atoms with Crippen molar-refractivity contribution in [3.05, 3.63) is 78.6 Å². The van der Waals surface area contributed by atoms with Crippen LogP contribution in [0.5, 0.6) is 0 Å². The summed E-state index contributed by atoms with van der Waals surface area (Å²) in [6.45, 7) is 0. The zero-order valence-corrected chi connectivity index (χ0v) is 12.6. The molecule has 0 saturated heterocycles. The van der Waals surface area contributed by atoms with Crippen molar-refractivity contribution in [3.63, 3.8) is 0 Å². The Bertz CT molecular complexity index is 1020. The van der Waals surface area contributed by atoms with E-state index >= 15 is 0 Å². The van der Waals surface area contributed by atoms with Gasteiger partial charge in [-0.15, -0.1) is 0 Å². The van der Waals surface area contributed by atoms with E-state index in [9.17, 15) is 9.90 Å². The number of benzene rings is 2. The van der Waals surface area contributed by atoms with Crippen LogP contribution >= 0.6 is 0 Å². The first-order chi connectivity index (χ1) is 11.7. The minimum absolute atomic E-state index is 0.0951. The summed E-state index contributed by atoms with van der Waals surface area (Å²) in [6, 6.07) is 20.0. The van der Waals surface area contributed by atoms with Crippen molar-refractivity contribution in [3.8, 4) is 22.4 Å². The first kappa shape index (κ1) is 14.1. The van der Waals surface area contributed by atoms with Gasteiger partial charge >= 0.3 is 5.97 Å². The maximum absolute atomic E-state index is 11.2. The number of carboxylic acids is 1. The second-order valence-corrected chi connectivity index (χ2v) is 5.37. The first-order valence-corrected chi connectivity index (χ1v) is 7.46. The molecular weight excluding hydrogens is 302 g/mol. The van der Waals surface area contributed by atoms with Crippen LogP contribution in [0.1, 0.15) is 10.4 Å². The Morgan fingerprint density at radius 3 is 2.25 bits per heavy atom. The quantitative estimate of drug-likeness (QED) is 0.625. The number of aromatic carboxylic acids is 1. The third-order valence-corrected chi connectivity index (χ3v) is 3.92. The second-order valence-electron chi connectivity index (χ2n) is 5.37. The molecule has 4 rings (SSSR count). The largest absolute Gasteiger partial charge is 0.477 e. The molecule has 0 spiro atoms. The number of nitrogens with zero attached hydrogens (tertiary/aromatic N) is 3. The van der Waals surface area contributed by atoms with Gasteiger partial charge in [0.05, 0.1) is 11.9 Å². The van der Waals surface area contributed by atoms with Crippen molar-refractivity contribution in [2.75, 3.05) is 0 Å². The molecule has 0 saturated carbocycles. The molecular formula is C19H13N3O2. The molecule has 5 nitrogen and oxygen atoms in total. The molecule has 116 valence electrons. The van der Waals surface area contributed by atoms with Crippen LogP contribution in [0, 0.1) is 0 Å². The van der Waals surface area contributed by atoms with E-state index in [-0.39, 0.29) is 5.56 Å². The molecule has 0 bridgehead atoms. The van der Waals surface area contributed by atoms with Gasteiger partial charge in [-0.1, -0.05) is 54.6 Å². The number of hydrogen-bond donors (Lipinski definition) is 1. The molecule has 24 heavy (non-hydrogen) atoms. The summed E-state index contributed by atoms with van der Waals surface area (Å²) >= 11 is 0. The Kier molecular flexibility index (Phi) is 3.31. The highest BCUT2D eigenvalue weighted by atomic mass is 16.4. The average Bonchev–Trinajstić information content (AvgIpc) is 3.07. The molecule has 0 fully saturated rings. The SMILES string of the molecule is O=C(O)c1cnn2c(-c3ccc(-c4ccccc4)cc3)ccnc12. The van der Waals surface area contributed by atoms with Gasteiger partial charge in [-0.25, -0.2) is 14.3 Å². The summed E-state index contributed by atoms with van der Waals surface area (Å²) in [7, 11) is 0. The fourth-order valence-electron chi connectivity index (χ4n) is 2.72.